The fourth-order valence-corrected chi connectivity index (χ4v) is 2.45. The Morgan fingerprint density at radius 1 is 0.947 bits per heavy atom. The molecule has 3 aromatic carbocycles. The summed E-state index contributed by atoms with van der Waals surface area (Å²) in [5, 5.41) is 13.3. The second kappa shape index (κ2) is 4.28. The van der Waals surface area contributed by atoms with Crippen LogP contribution < -0.4 is 4.90 Å². The Bertz CT molecular complexity index is 726. The minimum atomic E-state index is -0.957. The number of amides is 1. The topological polar surface area (TPSA) is 40.5 Å². The molecule has 0 aromatic heterocycles. The fraction of sp³-hybridized carbons (Fsp3) is 0.0625. The SMILES string of the molecule is CN(C(=O)O)c1c2ccccc2cc2ccccc12. The first kappa shape index (κ1) is 11.5. The molecular weight excluding hydrogens is 238 g/mol. The van der Waals surface area contributed by atoms with Gasteiger partial charge in [-0.1, -0.05) is 48.5 Å². The van der Waals surface area contributed by atoms with Crippen molar-refractivity contribution in [1.29, 1.82) is 0 Å². The molecule has 3 aromatic rings. The Morgan fingerprint density at radius 2 is 1.42 bits per heavy atom. The maximum Gasteiger partial charge on any atom is 0.411 e. The van der Waals surface area contributed by atoms with Crippen molar-refractivity contribution in [3.8, 4) is 0 Å². The quantitative estimate of drug-likeness (QED) is 0.661. The summed E-state index contributed by atoms with van der Waals surface area (Å²) in [5.41, 5.74) is 0.737. The lowest BCUT2D eigenvalue weighted by Crippen LogP contribution is -2.24. The molecule has 0 aliphatic heterocycles. The summed E-state index contributed by atoms with van der Waals surface area (Å²) in [6.45, 7) is 0. The lowest BCUT2D eigenvalue weighted by atomic mass is 10.0. The standard InChI is InChI=1S/C16H13NO2/c1-17(16(18)19)15-13-8-4-2-6-11(13)10-12-7-3-5-9-14(12)15/h2-10H,1H3,(H,18,19). The summed E-state index contributed by atoms with van der Waals surface area (Å²) in [6, 6.07) is 17.8. The van der Waals surface area contributed by atoms with Crippen molar-refractivity contribution in [2.24, 2.45) is 0 Å². The Kier molecular flexibility index (Phi) is 2.60. The molecule has 19 heavy (non-hydrogen) atoms. The van der Waals surface area contributed by atoms with Crippen LogP contribution in [0.3, 0.4) is 0 Å². The summed E-state index contributed by atoms with van der Waals surface area (Å²) < 4.78 is 0. The van der Waals surface area contributed by atoms with Gasteiger partial charge in [-0.2, -0.15) is 0 Å². The Hall–Kier alpha value is -2.55. The zero-order valence-corrected chi connectivity index (χ0v) is 10.5. The molecular formula is C16H13NO2. The molecule has 0 spiro atoms. The zero-order valence-electron chi connectivity index (χ0n) is 10.5. The van der Waals surface area contributed by atoms with E-state index in [4.69, 9.17) is 0 Å². The predicted octanol–water partition coefficient (Wildman–Crippen LogP) is 4.11. The van der Waals surface area contributed by atoms with Crippen molar-refractivity contribution in [3.05, 3.63) is 54.6 Å². The van der Waals surface area contributed by atoms with E-state index in [-0.39, 0.29) is 0 Å². The van der Waals surface area contributed by atoms with Gasteiger partial charge in [0.25, 0.3) is 0 Å². The van der Waals surface area contributed by atoms with Crippen LogP contribution in [0.15, 0.2) is 54.6 Å². The monoisotopic (exact) mass is 251 g/mol. The average Bonchev–Trinajstić information content (AvgIpc) is 2.43. The second-order valence-electron chi connectivity index (χ2n) is 4.51. The number of anilines is 1. The molecule has 3 nitrogen and oxygen atoms in total. The molecule has 0 radical (unpaired) electrons. The van der Waals surface area contributed by atoms with Crippen molar-refractivity contribution in [2.75, 3.05) is 11.9 Å². The lowest BCUT2D eigenvalue weighted by molar-refractivity contribution is 0.203. The van der Waals surface area contributed by atoms with E-state index in [1.165, 1.54) is 4.90 Å². The highest BCUT2D eigenvalue weighted by Gasteiger charge is 2.15. The van der Waals surface area contributed by atoms with E-state index in [0.29, 0.717) is 0 Å². The number of carboxylic acid groups (broad SMARTS) is 1. The first-order valence-corrected chi connectivity index (χ1v) is 6.05. The van der Waals surface area contributed by atoms with Crippen LogP contribution in [0, 0.1) is 0 Å². The van der Waals surface area contributed by atoms with Gasteiger partial charge in [-0.25, -0.2) is 4.79 Å². The van der Waals surface area contributed by atoms with E-state index >= 15 is 0 Å². The Labute approximate surface area is 110 Å². The first-order valence-electron chi connectivity index (χ1n) is 6.05. The zero-order chi connectivity index (χ0) is 13.4. The van der Waals surface area contributed by atoms with Gasteiger partial charge in [-0.15, -0.1) is 0 Å². The van der Waals surface area contributed by atoms with Gasteiger partial charge < -0.3 is 5.11 Å². The first-order chi connectivity index (χ1) is 9.18. The van der Waals surface area contributed by atoms with Crippen LogP contribution in [-0.4, -0.2) is 18.2 Å². The lowest BCUT2D eigenvalue weighted by Gasteiger charge is -2.18. The number of hydrogen-bond acceptors (Lipinski definition) is 1. The van der Waals surface area contributed by atoms with E-state index in [1.54, 1.807) is 7.05 Å². The molecule has 1 amide bonds. The summed E-state index contributed by atoms with van der Waals surface area (Å²) >= 11 is 0. The second-order valence-corrected chi connectivity index (χ2v) is 4.51. The number of benzene rings is 3. The van der Waals surface area contributed by atoms with Crippen molar-refractivity contribution in [1.82, 2.24) is 0 Å². The molecule has 0 heterocycles. The van der Waals surface area contributed by atoms with Crippen LogP contribution in [0.4, 0.5) is 10.5 Å². The molecule has 3 rings (SSSR count). The third kappa shape index (κ3) is 1.80. The molecule has 1 N–H and O–H groups in total. The van der Waals surface area contributed by atoms with Crippen LogP contribution >= 0.6 is 0 Å². The molecule has 0 atom stereocenters. The van der Waals surface area contributed by atoms with Gasteiger partial charge in [-0.3, -0.25) is 4.90 Å². The van der Waals surface area contributed by atoms with Crippen molar-refractivity contribution < 1.29 is 9.90 Å². The van der Waals surface area contributed by atoms with Gasteiger partial charge >= 0.3 is 6.09 Å². The molecule has 0 saturated carbocycles. The van der Waals surface area contributed by atoms with E-state index in [0.717, 1.165) is 27.2 Å². The third-order valence-electron chi connectivity index (χ3n) is 3.37. The van der Waals surface area contributed by atoms with Gasteiger partial charge in [0.2, 0.25) is 0 Å². The van der Waals surface area contributed by atoms with Gasteiger partial charge in [0.15, 0.2) is 0 Å². The number of nitrogens with zero attached hydrogens (tertiary/aromatic N) is 1. The number of fused-ring (bicyclic) bond motifs is 2. The minimum absolute atomic E-state index is 0.737. The summed E-state index contributed by atoms with van der Waals surface area (Å²) in [5.74, 6) is 0. The smallest absolute Gasteiger partial charge is 0.411 e. The highest BCUT2D eigenvalue weighted by atomic mass is 16.4. The van der Waals surface area contributed by atoms with E-state index in [1.807, 2.05) is 48.5 Å². The highest BCUT2D eigenvalue weighted by molar-refractivity contribution is 6.14. The predicted molar refractivity (Wildman–Crippen MR) is 77.9 cm³/mol. The normalized spacial score (nSPS) is 10.8. The van der Waals surface area contributed by atoms with Gasteiger partial charge in [0.1, 0.15) is 0 Å². The molecule has 0 saturated heterocycles. The maximum absolute atomic E-state index is 11.3. The van der Waals surface area contributed by atoms with Crippen molar-refractivity contribution in [2.45, 2.75) is 0 Å². The van der Waals surface area contributed by atoms with E-state index < -0.39 is 6.09 Å². The molecule has 0 unspecified atom stereocenters. The van der Waals surface area contributed by atoms with Crippen molar-refractivity contribution in [3.63, 3.8) is 0 Å². The Morgan fingerprint density at radius 3 is 1.89 bits per heavy atom. The summed E-state index contributed by atoms with van der Waals surface area (Å²) in [4.78, 5) is 12.6. The largest absolute Gasteiger partial charge is 0.465 e. The average molecular weight is 251 g/mol. The number of hydrogen-bond donors (Lipinski definition) is 1. The highest BCUT2D eigenvalue weighted by Crippen LogP contribution is 2.34. The van der Waals surface area contributed by atoms with Crippen LogP contribution in [0.5, 0.6) is 0 Å². The third-order valence-corrected chi connectivity index (χ3v) is 3.37. The molecule has 0 fully saturated rings. The molecule has 0 bridgehead atoms. The van der Waals surface area contributed by atoms with Crippen LogP contribution in [0.2, 0.25) is 0 Å². The van der Waals surface area contributed by atoms with E-state index in [9.17, 15) is 9.90 Å². The minimum Gasteiger partial charge on any atom is -0.465 e. The van der Waals surface area contributed by atoms with Gasteiger partial charge in [0.05, 0.1) is 5.69 Å². The van der Waals surface area contributed by atoms with Crippen molar-refractivity contribution >= 4 is 33.3 Å². The Balaban J connectivity index is 2.49. The van der Waals surface area contributed by atoms with Gasteiger partial charge in [0, 0.05) is 17.8 Å². The van der Waals surface area contributed by atoms with E-state index in [2.05, 4.69) is 6.07 Å². The maximum atomic E-state index is 11.3. The molecule has 3 heteroatoms. The molecule has 0 aliphatic rings. The summed E-state index contributed by atoms with van der Waals surface area (Å²) in [7, 11) is 1.58. The van der Waals surface area contributed by atoms with Crippen LogP contribution in [0.1, 0.15) is 0 Å². The van der Waals surface area contributed by atoms with Crippen LogP contribution in [-0.2, 0) is 0 Å². The number of rotatable bonds is 1. The number of carbonyl (C=O) groups is 1. The molecule has 0 aliphatic carbocycles. The van der Waals surface area contributed by atoms with Gasteiger partial charge in [-0.05, 0) is 16.8 Å². The van der Waals surface area contributed by atoms with Crippen LogP contribution in [0.25, 0.3) is 21.5 Å². The summed E-state index contributed by atoms with van der Waals surface area (Å²) in [6.07, 6.45) is -0.957. The molecule has 94 valence electrons. The fourth-order valence-electron chi connectivity index (χ4n) is 2.45.